The Bertz CT molecular complexity index is 99.9. The minimum atomic E-state index is -5.63. The summed E-state index contributed by atoms with van der Waals surface area (Å²) in [5, 5.41) is 7.47. The molecule has 0 aliphatic rings. The lowest BCUT2D eigenvalue weighted by molar-refractivity contribution is -0.120. The van der Waals surface area contributed by atoms with Crippen LogP contribution in [-0.4, -0.2) is 24.1 Å². The Balaban J connectivity index is 4.23. The third kappa shape index (κ3) is 2.46. The standard InChI is InChI=1S/C2HBF6O/c4-1(5,6)3(10)2(7,8)9/h10H. The molecule has 1 nitrogen and oxygen atoms in total. The van der Waals surface area contributed by atoms with E-state index in [4.69, 9.17) is 5.02 Å². The first-order valence-corrected chi connectivity index (χ1v) is 1.97. The second-order valence-corrected chi connectivity index (χ2v) is 1.49. The summed E-state index contributed by atoms with van der Waals surface area (Å²) in [6, 6.07) is 0. The number of halogens is 6. The van der Waals surface area contributed by atoms with Gasteiger partial charge in [0.05, 0.1) is 0 Å². The molecule has 0 saturated heterocycles. The van der Waals surface area contributed by atoms with Gasteiger partial charge >= 0.3 is 19.1 Å². The Morgan fingerprint density at radius 3 is 1.00 bits per heavy atom. The molecule has 0 aromatic rings. The molecule has 60 valence electrons. The van der Waals surface area contributed by atoms with Crippen LogP contribution in [0.3, 0.4) is 0 Å². The Hall–Kier alpha value is -0.395. The van der Waals surface area contributed by atoms with Crippen molar-refractivity contribution in [2.45, 2.75) is 12.2 Å². The molecule has 0 saturated carbocycles. The molecule has 0 atom stereocenters. The van der Waals surface area contributed by atoms with Crippen molar-refractivity contribution in [2.75, 3.05) is 0 Å². The number of rotatable bonds is 0. The van der Waals surface area contributed by atoms with Crippen molar-refractivity contribution in [1.82, 2.24) is 0 Å². The van der Waals surface area contributed by atoms with Crippen LogP contribution in [0.2, 0.25) is 0 Å². The Morgan fingerprint density at radius 2 is 1.00 bits per heavy atom. The van der Waals surface area contributed by atoms with Gasteiger partial charge in [0.1, 0.15) is 0 Å². The van der Waals surface area contributed by atoms with E-state index in [1.165, 1.54) is 0 Å². The van der Waals surface area contributed by atoms with E-state index >= 15 is 0 Å². The molecule has 0 aliphatic heterocycles. The Labute approximate surface area is 51.7 Å². The molecule has 0 fully saturated rings. The van der Waals surface area contributed by atoms with Crippen LogP contribution < -0.4 is 0 Å². The van der Waals surface area contributed by atoms with Crippen LogP contribution in [0.4, 0.5) is 26.3 Å². The number of hydrogen-bond acceptors (Lipinski definition) is 1. The van der Waals surface area contributed by atoms with Crippen molar-refractivity contribution in [3.05, 3.63) is 0 Å². The van der Waals surface area contributed by atoms with Crippen LogP contribution in [-0.2, 0) is 0 Å². The third-order valence-corrected chi connectivity index (χ3v) is 0.620. The van der Waals surface area contributed by atoms with Crippen LogP contribution >= 0.6 is 0 Å². The lowest BCUT2D eigenvalue weighted by Crippen LogP contribution is -2.47. The predicted molar refractivity (Wildman–Crippen MR) is 20.1 cm³/mol. The van der Waals surface area contributed by atoms with Gasteiger partial charge in [-0.3, -0.25) is 0 Å². The van der Waals surface area contributed by atoms with Gasteiger partial charge < -0.3 is 5.02 Å². The fourth-order valence-corrected chi connectivity index (χ4v) is 0.186. The van der Waals surface area contributed by atoms with E-state index in [2.05, 4.69) is 0 Å². The average Bonchev–Trinajstić information content (AvgIpc) is 1.59. The SMILES string of the molecule is OB(C(F)(F)F)C(F)(F)F. The van der Waals surface area contributed by atoms with Crippen molar-refractivity contribution in [2.24, 2.45) is 0 Å². The van der Waals surface area contributed by atoms with Gasteiger partial charge in [-0.2, -0.15) is 26.3 Å². The lowest BCUT2D eigenvalue weighted by atomic mass is 9.67. The maximum Gasteiger partial charge on any atom is 0.538 e. The van der Waals surface area contributed by atoms with E-state index in [0.717, 1.165) is 0 Å². The van der Waals surface area contributed by atoms with Crippen LogP contribution in [0, 0.1) is 0 Å². The first-order chi connectivity index (χ1) is 4.15. The largest absolute Gasteiger partial charge is 0.538 e. The van der Waals surface area contributed by atoms with Gasteiger partial charge in [-0.1, -0.05) is 0 Å². The highest BCUT2D eigenvalue weighted by Gasteiger charge is 2.61. The Kier molecular flexibility index (Phi) is 2.24. The highest BCUT2D eigenvalue weighted by atomic mass is 19.4. The molecule has 0 spiro atoms. The molecule has 0 aliphatic carbocycles. The molecule has 0 aromatic heterocycles. The predicted octanol–water partition coefficient (Wildman–Crippen LogP) is 1.17. The lowest BCUT2D eigenvalue weighted by Gasteiger charge is -2.12. The van der Waals surface area contributed by atoms with Crippen LogP contribution in [0.5, 0.6) is 0 Å². The van der Waals surface area contributed by atoms with Crippen molar-refractivity contribution in [1.29, 1.82) is 0 Å². The van der Waals surface area contributed by atoms with E-state index in [-0.39, 0.29) is 0 Å². The van der Waals surface area contributed by atoms with Crippen molar-refractivity contribution in [3.63, 3.8) is 0 Å². The molecule has 0 aromatic carbocycles. The summed E-state index contributed by atoms with van der Waals surface area (Å²) < 4.78 is 65.9. The zero-order valence-electron chi connectivity index (χ0n) is 4.29. The average molecular weight is 166 g/mol. The van der Waals surface area contributed by atoms with E-state index in [0.29, 0.717) is 0 Å². The van der Waals surface area contributed by atoms with Gasteiger partial charge in [-0.15, -0.1) is 0 Å². The summed E-state index contributed by atoms with van der Waals surface area (Å²) in [6.07, 6.45) is -11.3. The molecule has 0 unspecified atom stereocenters. The molecule has 0 radical (unpaired) electrons. The monoisotopic (exact) mass is 166 g/mol. The van der Waals surface area contributed by atoms with Crippen LogP contribution in [0.25, 0.3) is 0 Å². The van der Waals surface area contributed by atoms with E-state index < -0.39 is 19.1 Å². The first kappa shape index (κ1) is 9.60. The minimum Gasteiger partial charge on any atom is -0.437 e. The molecular formula is C2HBF6O. The highest BCUT2D eigenvalue weighted by molar-refractivity contribution is 6.54. The second kappa shape index (κ2) is 2.33. The van der Waals surface area contributed by atoms with Gasteiger partial charge in [0.2, 0.25) is 0 Å². The third-order valence-electron chi connectivity index (χ3n) is 0.620. The highest BCUT2D eigenvalue weighted by Crippen LogP contribution is 2.29. The molecule has 10 heavy (non-hydrogen) atoms. The van der Waals surface area contributed by atoms with E-state index in [1.807, 2.05) is 0 Å². The van der Waals surface area contributed by atoms with Gasteiger partial charge in [0, 0.05) is 0 Å². The van der Waals surface area contributed by atoms with E-state index in [9.17, 15) is 26.3 Å². The summed E-state index contributed by atoms with van der Waals surface area (Å²) in [7, 11) is 0. The van der Waals surface area contributed by atoms with Crippen molar-refractivity contribution >= 4 is 6.92 Å². The first-order valence-electron chi connectivity index (χ1n) is 1.97. The minimum absolute atomic E-state index is 4.24. The summed E-state index contributed by atoms with van der Waals surface area (Å²) in [5.74, 6) is 0. The fraction of sp³-hybridized carbons (Fsp3) is 1.00. The van der Waals surface area contributed by atoms with E-state index in [1.54, 1.807) is 0 Å². The normalized spacial score (nSPS) is 13.5. The molecule has 1 N–H and O–H groups in total. The number of alkyl halides is 6. The quantitative estimate of drug-likeness (QED) is 0.422. The molecule has 0 rings (SSSR count). The number of hydrogen-bond donors (Lipinski definition) is 1. The maximum absolute atomic E-state index is 11.0. The molecule has 8 heteroatoms. The van der Waals surface area contributed by atoms with Gasteiger partial charge in [0.15, 0.2) is 0 Å². The summed E-state index contributed by atoms with van der Waals surface area (Å²) in [5.41, 5.74) is 0. The maximum atomic E-state index is 11.0. The smallest absolute Gasteiger partial charge is 0.437 e. The molecule has 0 heterocycles. The van der Waals surface area contributed by atoms with Crippen molar-refractivity contribution < 1.29 is 31.4 Å². The van der Waals surface area contributed by atoms with Gasteiger partial charge in [-0.25, -0.2) is 0 Å². The topological polar surface area (TPSA) is 20.2 Å². The molecular weight excluding hydrogens is 165 g/mol. The molecule has 0 bridgehead atoms. The summed E-state index contributed by atoms with van der Waals surface area (Å²) >= 11 is 0. The zero-order valence-corrected chi connectivity index (χ0v) is 4.29. The summed E-state index contributed by atoms with van der Waals surface area (Å²) in [4.78, 5) is 0. The van der Waals surface area contributed by atoms with Crippen LogP contribution in [0.1, 0.15) is 0 Å². The zero-order chi connectivity index (χ0) is 8.58. The fourth-order valence-electron chi connectivity index (χ4n) is 0.186. The Morgan fingerprint density at radius 1 is 0.800 bits per heavy atom. The van der Waals surface area contributed by atoms with Gasteiger partial charge in [0.25, 0.3) is 0 Å². The van der Waals surface area contributed by atoms with Crippen molar-refractivity contribution in [3.8, 4) is 0 Å². The van der Waals surface area contributed by atoms with Gasteiger partial charge in [-0.05, 0) is 0 Å². The van der Waals surface area contributed by atoms with Crippen LogP contribution in [0.15, 0.2) is 0 Å². The summed E-state index contributed by atoms with van der Waals surface area (Å²) in [6.45, 7) is -4.24. The second-order valence-electron chi connectivity index (χ2n) is 1.49. The molecule has 0 amide bonds.